The van der Waals surface area contributed by atoms with Gasteiger partial charge in [-0.3, -0.25) is 9.89 Å². The van der Waals surface area contributed by atoms with Crippen LogP contribution in [-0.4, -0.2) is 72.6 Å². The monoisotopic (exact) mass is 588 g/mol. The minimum atomic E-state index is -3.57. The van der Waals surface area contributed by atoms with Crippen molar-refractivity contribution in [2.75, 3.05) is 32.8 Å². The summed E-state index contributed by atoms with van der Waals surface area (Å²) in [4.78, 5) is 15.6. The van der Waals surface area contributed by atoms with Gasteiger partial charge in [-0.15, -0.1) is 0 Å². The molecule has 2 aromatic carbocycles. The molecule has 3 heterocycles. The average molecular weight is 590 g/mol. The number of ether oxygens (including phenoxy) is 1. The van der Waals surface area contributed by atoms with Crippen molar-refractivity contribution in [2.24, 2.45) is 5.92 Å². The molecule has 2 atom stereocenters. The lowest BCUT2D eigenvalue weighted by molar-refractivity contribution is -0.133. The number of morpholine rings is 1. The topological polar surface area (TPSA) is 95.6 Å². The van der Waals surface area contributed by atoms with Crippen LogP contribution in [0.4, 0.5) is 0 Å². The van der Waals surface area contributed by atoms with E-state index in [2.05, 4.69) is 10.2 Å². The number of fused-ring (bicyclic) bond motifs is 1. The Labute approximate surface area is 238 Å². The standard InChI is InChI=1S/C28H30Cl2N4O4S/c29-25-15-20(18-1-4-23(5-2-18)39(36,37)33-9-11-38-12-10-33)16-26(30)24(25)14-19-7-8-34(28(19)35)22-3-6-27-21(13-22)17-31-32-27/h1-2,4-5,15-17,19,22H,3,6-14H2,(H,31,32)/t19-,22-/m0/s1. The van der Waals surface area contributed by atoms with Crippen molar-refractivity contribution in [1.29, 1.82) is 0 Å². The molecule has 8 nitrogen and oxygen atoms in total. The lowest BCUT2D eigenvalue weighted by atomic mass is 9.92. The highest BCUT2D eigenvalue weighted by Crippen LogP contribution is 2.37. The fourth-order valence-electron chi connectivity index (χ4n) is 5.94. The summed E-state index contributed by atoms with van der Waals surface area (Å²) in [5.74, 6) is 0.0153. The molecule has 1 aromatic heterocycles. The first-order valence-corrected chi connectivity index (χ1v) is 15.5. The summed E-state index contributed by atoms with van der Waals surface area (Å²) in [6, 6.07) is 10.6. The maximum absolute atomic E-state index is 13.4. The molecule has 1 aliphatic carbocycles. The normalized spacial score (nSPS) is 22.3. The van der Waals surface area contributed by atoms with Crippen molar-refractivity contribution in [2.45, 2.75) is 43.0 Å². The van der Waals surface area contributed by atoms with Crippen molar-refractivity contribution in [3.63, 3.8) is 0 Å². The summed E-state index contributed by atoms with van der Waals surface area (Å²) in [6.07, 6.45) is 5.87. The fourth-order valence-corrected chi connectivity index (χ4v) is 7.99. The molecule has 0 radical (unpaired) electrons. The second-order valence-electron chi connectivity index (χ2n) is 10.4. The van der Waals surface area contributed by atoms with Gasteiger partial charge < -0.3 is 9.64 Å². The summed E-state index contributed by atoms with van der Waals surface area (Å²) in [7, 11) is -3.57. The van der Waals surface area contributed by atoms with E-state index in [1.54, 1.807) is 24.3 Å². The number of rotatable bonds is 6. The van der Waals surface area contributed by atoms with Crippen LogP contribution in [0.25, 0.3) is 11.1 Å². The van der Waals surface area contributed by atoms with Gasteiger partial charge in [0, 0.05) is 47.8 Å². The minimum absolute atomic E-state index is 0.152. The Kier molecular flexibility index (Phi) is 7.45. The number of halogens is 2. The number of aromatic amines is 1. The molecule has 0 spiro atoms. The van der Waals surface area contributed by atoms with Gasteiger partial charge in [0.05, 0.1) is 23.8 Å². The Morgan fingerprint density at radius 3 is 2.44 bits per heavy atom. The van der Waals surface area contributed by atoms with Gasteiger partial charge in [-0.25, -0.2) is 8.42 Å². The number of nitrogens with one attached hydrogen (secondary N) is 1. The first kappa shape index (κ1) is 26.8. The lowest BCUT2D eigenvalue weighted by Crippen LogP contribution is -2.41. The summed E-state index contributed by atoms with van der Waals surface area (Å²) < 4.78 is 32.6. The van der Waals surface area contributed by atoms with E-state index in [0.29, 0.717) is 42.8 Å². The molecule has 2 aliphatic heterocycles. The van der Waals surface area contributed by atoms with Gasteiger partial charge in [0.25, 0.3) is 0 Å². The molecule has 2 fully saturated rings. The van der Waals surface area contributed by atoms with Crippen LogP contribution in [-0.2, 0) is 38.8 Å². The highest BCUT2D eigenvalue weighted by atomic mass is 35.5. The van der Waals surface area contributed by atoms with Crippen LogP contribution in [0.1, 0.15) is 29.7 Å². The summed E-state index contributed by atoms with van der Waals surface area (Å²) in [5.41, 5.74) is 4.69. The Balaban J connectivity index is 1.15. The quantitative estimate of drug-likeness (QED) is 0.462. The number of carbonyl (C=O) groups excluding carboxylic acids is 1. The smallest absolute Gasteiger partial charge is 0.243 e. The van der Waals surface area contributed by atoms with Gasteiger partial charge in [0.1, 0.15) is 0 Å². The Morgan fingerprint density at radius 2 is 1.72 bits per heavy atom. The van der Waals surface area contributed by atoms with Crippen LogP contribution in [0.15, 0.2) is 47.5 Å². The van der Waals surface area contributed by atoms with E-state index in [0.717, 1.165) is 54.6 Å². The fraction of sp³-hybridized carbons (Fsp3) is 0.429. The van der Waals surface area contributed by atoms with Gasteiger partial charge in [-0.05, 0) is 78.6 Å². The van der Waals surface area contributed by atoms with Gasteiger partial charge in [-0.1, -0.05) is 35.3 Å². The maximum Gasteiger partial charge on any atom is 0.243 e. The molecule has 0 saturated carbocycles. The van der Waals surface area contributed by atoms with E-state index in [4.69, 9.17) is 27.9 Å². The molecular weight excluding hydrogens is 559 g/mol. The summed E-state index contributed by atoms with van der Waals surface area (Å²) in [6.45, 7) is 2.25. The largest absolute Gasteiger partial charge is 0.379 e. The molecule has 3 aliphatic rings. The Bertz CT molecular complexity index is 1460. The van der Waals surface area contributed by atoms with E-state index in [1.165, 1.54) is 9.87 Å². The third-order valence-corrected chi connectivity index (χ3v) is 10.7. The van der Waals surface area contributed by atoms with Gasteiger partial charge in [0.2, 0.25) is 15.9 Å². The molecule has 39 heavy (non-hydrogen) atoms. The first-order valence-electron chi connectivity index (χ1n) is 13.3. The van der Waals surface area contributed by atoms with E-state index >= 15 is 0 Å². The van der Waals surface area contributed by atoms with E-state index in [-0.39, 0.29) is 22.8 Å². The number of aromatic nitrogens is 2. The number of carbonyl (C=O) groups is 1. The number of hydrogen-bond donors (Lipinski definition) is 1. The zero-order valence-electron chi connectivity index (χ0n) is 21.4. The number of likely N-dealkylation sites (tertiary alicyclic amines) is 1. The zero-order chi connectivity index (χ0) is 27.1. The number of sulfonamides is 1. The van der Waals surface area contributed by atoms with Crippen molar-refractivity contribution in [3.8, 4) is 11.1 Å². The van der Waals surface area contributed by atoms with Gasteiger partial charge >= 0.3 is 0 Å². The van der Waals surface area contributed by atoms with Gasteiger partial charge in [-0.2, -0.15) is 9.40 Å². The first-order chi connectivity index (χ1) is 18.8. The maximum atomic E-state index is 13.4. The molecule has 0 unspecified atom stereocenters. The highest BCUT2D eigenvalue weighted by Gasteiger charge is 2.38. The number of aryl methyl sites for hydroxylation is 1. The minimum Gasteiger partial charge on any atom is -0.379 e. The number of nitrogens with zero attached hydrogens (tertiary/aromatic N) is 3. The van der Waals surface area contributed by atoms with Crippen molar-refractivity contribution in [1.82, 2.24) is 19.4 Å². The zero-order valence-corrected chi connectivity index (χ0v) is 23.7. The molecule has 206 valence electrons. The molecule has 1 amide bonds. The molecule has 1 N–H and O–H groups in total. The predicted octanol–water partition coefficient (Wildman–Crippen LogP) is 4.35. The van der Waals surface area contributed by atoms with Crippen LogP contribution >= 0.6 is 23.2 Å². The van der Waals surface area contributed by atoms with E-state index in [9.17, 15) is 13.2 Å². The van der Waals surface area contributed by atoms with Crippen LogP contribution in [0, 0.1) is 5.92 Å². The van der Waals surface area contributed by atoms with Crippen molar-refractivity contribution in [3.05, 3.63) is 69.5 Å². The number of amides is 1. The van der Waals surface area contributed by atoms with Crippen LogP contribution in [0.3, 0.4) is 0 Å². The summed E-state index contributed by atoms with van der Waals surface area (Å²) >= 11 is 13.4. The van der Waals surface area contributed by atoms with Crippen LogP contribution in [0.5, 0.6) is 0 Å². The molecule has 2 saturated heterocycles. The van der Waals surface area contributed by atoms with Crippen LogP contribution < -0.4 is 0 Å². The number of H-pyrrole nitrogens is 1. The molecule has 3 aromatic rings. The third kappa shape index (κ3) is 5.23. The van der Waals surface area contributed by atoms with Crippen molar-refractivity contribution >= 4 is 39.1 Å². The van der Waals surface area contributed by atoms with E-state index < -0.39 is 10.0 Å². The highest BCUT2D eigenvalue weighted by molar-refractivity contribution is 7.89. The Morgan fingerprint density at radius 1 is 1.00 bits per heavy atom. The molecule has 11 heteroatoms. The predicted molar refractivity (Wildman–Crippen MR) is 149 cm³/mol. The summed E-state index contributed by atoms with van der Waals surface area (Å²) in [5, 5.41) is 8.26. The number of hydrogen-bond acceptors (Lipinski definition) is 5. The molecule has 0 bridgehead atoms. The average Bonchev–Trinajstić information content (AvgIpc) is 3.57. The van der Waals surface area contributed by atoms with Crippen LogP contribution in [0.2, 0.25) is 10.0 Å². The second kappa shape index (κ2) is 10.9. The molecule has 6 rings (SSSR count). The Hall–Kier alpha value is -2.43. The van der Waals surface area contributed by atoms with Crippen molar-refractivity contribution < 1.29 is 17.9 Å². The SMILES string of the molecule is O=C1[C@H](Cc2c(Cl)cc(-c3ccc(S(=O)(=O)N4CCOCC4)cc3)cc2Cl)CCN1[C@H]1CCc2n[nH]cc2C1. The third-order valence-electron chi connectivity index (χ3n) is 8.16. The second-order valence-corrected chi connectivity index (χ2v) is 13.2. The van der Waals surface area contributed by atoms with E-state index in [1.807, 2.05) is 23.2 Å². The van der Waals surface area contributed by atoms with Gasteiger partial charge in [0.15, 0.2) is 0 Å². The lowest BCUT2D eigenvalue weighted by Gasteiger charge is -2.31. The number of benzene rings is 2. The molecular formula is C28H30Cl2N4O4S.